The highest BCUT2D eigenvalue weighted by Crippen LogP contribution is 2.23. The number of carbonyl (C=O) groups excluding carboxylic acids is 1. The van der Waals surface area contributed by atoms with E-state index in [0.29, 0.717) is 5.92 Å². The topological polar surface area (TPSA) is 42.9 Å². The molecule has 0 aliphatic heterocycles. The van der Waals surface area contributed by atoms with Crippen molar-refractivity contribution in [2.45, 2.75) is 40.0 Å². The molecule has 0 fully saturated rings. The van der Waals surface area contributed by atoms with E-state index in [4.69, 9.17) is 0 Å². The first-order valence-corrected chi connectivity index (χ1v) is 6.98. The molecule has 0 aliphatic rings. The summed E-state index contributed by atoms with van der Waals surface area (Å²) < 4.78 is 0. The maximum atomic E-state index is 11.4. The predicted molar refractivity (Wildman–Crippen MR) is 80.9 cm³/mol. The molecule has 0 amide bonds. The van der Waals surface area contributed by atoms with Gasteiger partial charge < -0.3 is 0 Å². The first-order valence-electron chi connectivity index (χ1n) is 6.98. The van der Waals surface area contributed by atoms with Crippen molar-refractivity contribution < 1.29 is 4.79 Å². The van der Waals surface area contributed by atoms with Crippen LogP contribution in [-0.4, -0.2) is 15.8 Å². The predicted octanol–water partition coefficient (Wildman–Crippen LogP) is 4.17. The van der Waals surface area contributed by atoms with Crippen LogP contribution in [0.25, 0.3) is 11.3 Å². The highest BCUT2D eigenvalue weighted by atomic mass is 16.1. The molecule has 1 aromatic heterocycles. The number of aromatic nitrogens is 2. The van der Waals surface area contributed by atoms with Crippen molar-refractivity contribution in [3.63, 3.8) is 0 Å². The van der Waals surface area contributed by atoms with Crippen molar-refractivity contribution >= 4 is 5.78 Å². The summed E-state index contributed by atoms with van der Waals surface area (Å²) in [5, 5.41) is 0. The molecule has 3 nitrogen and oxygen atoms in total. The molecule has 0 saturated heterocycles. The van der Waals surface area contributed by atoms with Gasteiger partial charge in [-0.25, -0.2) is 9.97 Å². The fourth-order valence-corrected chi connectivity index (χ4v) is 2.09. The highest BCUT2D eigenvalue weighted by Gasteiger charge is 2.09. The zero-order valence-electron chi connectivity index (χ0n) is 12.5. The van der Waals surface area contributed by atoms with Gasteiger partial charge in [-0.3, -0.25) is 4.79 Å². The van der Waals surface area contributed by atoms with Gasteiger partial charge in [0.25, 0.3) is 0 Å². The van der Waals surface area contributed by atoms with Gasteiger partial charge >= 0.3 is 0 Å². The molecule has 104 valence electrons. The minimum atomic E-state index is -0.105. The Morgan fingerprint density at radius 3 is 2.40 bits per heavy atom. The van der Waals surface area contributed by atoms with Gasteiger partial charge in [-0.15, -0.1) is 0 Å². The van der Waals surface area contributed by atoms with Gasteiger partial charge in [-0.2, -0.15) is 0 Å². The van der Waals surface area contributed by atoms with Crippen LogP contribution in [0, 0.1) is 6.92 Å². The second-order valence-electron chi connectivity index (χ2n) is 5.21. The van der Waals surface area contributed by atoms with E-state index < -0.39 is 0 Å². The zero-order valence-corrected chi connectivity index (χ0v) is 12.5. The number of benzene rings is 1. The van der Waals surface area contributed by atoms with E-state index in [9.17, 15) is 4.79 Å². The Labute approximate surface area is 120 Å². The Morgan fingerprint density at radius 2 is 1.85 bits per heavy atom. The van der Waals surface area contributed by atoms with Gasteiger partial charge in [-0.1, -0.05) is 38.1 Å². The third kappa shape index (κ3) is 3.10. The minimum absolute atomic E-state index is 0.105. The second kappa shape index (κ2) is 5.95. The molecular formula is C17H20N2O. The molecule has 0 bridgehead atoms. The maximum Gasteiger partial charge on any atom is 0.196 e. The summed E-state index contributed by atoms with van der Waals surface area (Å²) in [4.78, 5) is 19.9. The van der Waals surface area contributed by atoms with Crippen molar-refractivity contribution in [3.8, 4) is 11.3 Å². The van der Waals surface area contributed by atoms with Crippen LogP contribution in [0.4, 0.5) is 0 Å². The molecule has 0 spiro atoms. The monoisotopic (exact) mass is 268 g/mol. The largest absolute Gasteiger partial charge is 0.291 e. The van der Waals surface area contributed by atoms with Gasteiger partial charge in [0.1, 0.15) is 0 Å². The summed E-state index contributed by atoms with van der Waals surface area (Å²) in [5.74, 6) is 0.737. The summed E-state index contributed by atoms with van der Waals surface area (Å²) >= 11 is 0. The van der Waals surface area contributed by atoms with Crippen LogP contribution in [0.1, 0.15) is 55.0 Å². The molecule has 0 saturated carbocycles. The lowest BCUT2D eigenvalue weighted by Crippen LogP contribution is -2.03. The summed E-state index contributed by atoms with van der Waals surface area (Å²) in [5.41, 5.74) is 3.96. The Morgan fingerprint density at radius 1 is 1.20 bits per heavy atom. The van der Waals surface area contributed by atoms with Crippen LogP contribution in [0.3, 0.4) is 0 Å². The number of carbonyl (C=O) groups is 1. The lowest BCUT2D eigenvalue weighted by Gasteiger charge is -2.10. The van der Waals surface area contributed by atoms with Gasteiger partial charge in [0, 0.05) is 18.2 Å². The van der Waals surface area contributed by atoms with Gasteiger partial charge in [0.2, 0.25) is 0 Å². The van der Waals surface area contributed by atoms with E-state index in [1.807, 2.05) is 13.0 Å². The van der Waals surface area contributed by atoms with Crippen molar-refractivity contribution in [2.75, 3.05) is 0 Å². The summed E-state index contributed by atoms with van der Waals surface area (Å²) in [6, 6.07) is 10.3. The molecular weight excluding hydrogens is 248 g/mol. The third-order valence-electron chi connectivity index (χ3n) is 3.56. The SMILES string of the molecule is CCC(C)c1ccc(-c2cc(C)nc(C(C)=O)n2)cc1. The molecule has 1 heterocycles. The lowest BCUT2D eigenvalue weighted by molar-refractivity contribution is 0.100. The first-order chi connectivity index (χ1) is 9.51. The number of hydrogen-bond donors (Lipinski definition) is 0. The normalized spacial score (nSPS) is 12.2. The number of aryl methyl sites for hydroxylation is 1. The van der Waals surface area contributed by atoms with Gasteiger partial charge in [-0.05, 0) is 30.9 Å². The Hall–Kier alpha value is -2.03. The average Bonchev–Trinajstić information content (AvgIpc) is 2.46. The van der Waals surface area contributed by atoms with Crippen LogP contribution < -0.4 is 0 Å². The summed E-state index contributed by atoms with van der Waals surface area (Å²) in [7, 11) is 0. The fraction of sp³-hybridized carbons (Fsp3) is 0.353. The zero-order chi connectivity index (χ0) is 14.7. The fourth-order valence-electron chi connectivity index (χ4n) is 2.09. The van der Waals surface area contributed by atoms with E-state index in [-0.39, 0.29) is 11.6 Å². The van der Waals surface area contributed by atoms with E-state index in [1.54, 1.807) is 0 Å². The molecule has 0 aliphatic carbocycles. The molecule has 1 atom stereocenters. The van der Waals surface area contributed by atoms with Crippen molar-refractivity contribution in [3.05, 3.63) is 47.4 Å². The quantitative estimate of drug-likeness (QED) is 0.782. The van der Waals surface area contributed by atoms with E-state index in [0.717, 1.165) is 23.4 Å². The molecule has 2 aromatic rings. The van der Waals surface area contributed by atoms with Gasteiger partial charge in [0.15, 0.2) is 11.6 Å². The summed E-state index contributed by atoms with van der Waals surface area (Å²) in [6.45, 7) is 7.78. The molecule has 1 unspecified atom stereocenters. The molecule has 1 aromatic carbocycles. The van der Waals surface area contributed by atoms with Crippen LogP contribution in [0.2, 0.25) is 0 Å². The second-order valence-corrected chi connectivity index (χ2v) is 5.21. The Bertz CT molecular complexity index is 617. The molecule has 3 heteroatoms. The van der Waals surface area contributed by atoms with Crippen molar-refractivity contribution in [2.24, 2.45) is 0 Å². The van der Waals surface area contributed by atoms with Crippen LogP contribution in [-0.2, 0) is 0 Å². The number of rotatable bonds is 4. The summed E-state index contributed by atoms with van der Waals surface area (Å²) in [6.07, 6.45) is 1.13. The lowest BCUT2D eigenvalue weighted by atomic mass is 9.97. The minimum Gasteiger partial charge on any atom is -0.291 e. The third-order valence-corrected chi connectivity index (χ3v) is 3.56. The number of hydrogen-bond acceptors (Lipinski definition) is 3. The Balaban J connectivity index is 2.39. The van der Waals surface area contributed by atoms with Crippen LogP contribution >= 0.6 is 0 Å². The van der Waals surface area contributed by atoms with Gasteiger partial charge in [0.05, 0.1) is 5.69 Å². The van der Waals surface area contributed by atoms with Crippen LogP contribution in [0.15, 0.2) is 30.3 Å². The first kappa shape index (κ1) is 14.4. The smallest absolute Gasteiger partial charge is 0.196 e. The van der Waals surface area contributed by atoms with Crippen molar-refractivity contribution in [1.29, 1.82) is 0 Å². The number of ketones is 1. The maximum absolute atomic E-state index is 11.4. The molecule has 0 radical (unpaired) electrons. The highest BCUT2D eigenvalue weighted by molar-refractivity contribution is 5.90. The van der Waals surface area contributed by atoms with E-state index in [2.05, 4.69) is 48.1 Å². The standard InChI is InChI=1S/C17H20N2O/c1-5-11(2)14-6-8-15(9-7-14)16-10-12(3)18-17(19-16)13(4)20/h6-11H,5H2,1-4H3. The van der Waals surface area contributed by atoms with Crippen molar-refractivity contribution in [1.82, 2.24) is 9.97 Å². The van der Waals surface area contributed by atoms with E-state index >= 15 is 0 Å². The Kier molecular flexibility index (Phi) is 4.28. The number of Topliss-reactive ketones (excluding diaryl/α,β-unsaturated/α-hetero) is 1. The van der Waals surface area contributed by atoms with Crippen LogP contribution in [0.5, 0.6) is 0 Å². The molecule has 20 heavy (non-hydrogen) atoms. The van der Waals surface area contributed by atoms with E-state index in [1.165, 1.54) is 12.5 Å². The average molecular weight is 268 g/mol. The molecule has 2 rings (SSSR count). The molecule has 0 N–H and O–H groups in total. The number of nitrogens with zero attached hydrogens (tertiary/aromatic N) is 2.